The summed E-state index contributed by atoms with van der Waals surface area (Å²) in [4.78, 5) is 0. The molecule has 1 aromatic carbocycles. The van der Waals surface area contributed by atoms with Crippen LogP contribution in [-0.4, -0.2) is 16.3 Å². The van der Waals surface area contributed by atoms with Gasteiger partial charge in [-0.25, -0.2) is 0 Å². The van der Waals surface area contributed by atoms with E-state index < -0.39 is 0 Å². The Labute approximate surface area is 87.5 Å². The molecule has 0 aliphatic rings. The Bertz CT molecular complexity index is 462. The molecule has 0 saturated heterocycles. The lowest BCUT2D eigenvalue weighted by Gasteiger charge is -1.98. The molecule has 74 valence electrons. The molecule has 0 atom stereocenters. The topological polar surface area (TPSA) is 43.8 Å². The van der Waals surface area contributed by atoms with Crippen LogP contribution >= 0.6 is 11.6 Å². The van der Waals surface area contributed by atoms with Gasteiger partial charge < -0.3 is 5.73 Å². The second kappa shape index (κ2) is 3.59. The molecular weight excluding hydrogens is 198 g/mol. The largest absolute Gasteiger partial charge is 0.330 e. The van der Waals surface area contributed by atoms with Gasteiger partial charge in [-0.1, -0.05) is 23.7 Å². The average molecular weight is 210 g/mol. The number of hydrogen-bond acceptors (Lipinski definition) is 2. The molecule has 0 amide bonds. The summed E-state index contributed by atoms with van der Waals surface area (Å²) in [6.07, 6.45) is 0.838. The monoisotopic (exact) mass is 209 g/mol. The molecule has 14 heavy (non-hydrogen) atoms. The second-order valence-corrected chi connectivity index (χ2v) is 3.62. The van der Waals surface area contributed by atoms with Crippen molar-refractivity contribution in [1.29, 1.82) is 0 Å². The van der Waals surface area contributed by atoms with Crippen LogP contribution in [0.15, 0.2) is 18.2 Å². The fourth-order valence-corrected chi connectivity index (χ4v) is 1.79. The maximum absolute atomic E-state index is 6.08. The highest BCUT2D eigenvalue weighted by atomic mass is 35.5. The predicted octanol–water partition coefficient (Wildman–Crippen LogP) is 1.73. The van der Waals surface area contributed by atoms with Crippen molar-refractivity contribution in [1.82, 2.24) is 9.78 Å². The van der Waals surface area contributed by atoms with Crippen molar-refractivity contribution in [3.63, 3.8) is 0 Å². The zero-order valence-electron chi connectivity index (χ0n) is 8.00. The molecule has 1 heterocycles. The van der Waals surface area contributed by atoms with E-state index in [1.54, 1.807) is 4.68 Å². The number of aryl methyl sites for hydroxylation is 1. The van der Waals surface area contributed by atoms with Crippen LogP contribution < -0.4 is 5.73 Å². The first-order valence-corrected chi connectivity index (χ1v) is 4.92. The van der Waals surface area contributed by atoms with E-state index in [2.05, 4.69) is 5.10 Å². The number of aromatic nitrogens is 2. The first-order chi connectivity index (χ1) is 6.74. The lowest BCUT2D eigenvalue weighted by atomic mass is 10.1. The molecule has 0 aliphatic heterocycles. The van der Waals surface area contributed by atoms with E-state index in [1.165, 1.54) is 0 Å². The van der Waals surface area contributed by atoms with Crippen LogP contribution in [0.5, 0.6) is 0 Å². The quantitative estimate of drug-likeness (QED) is 0.819. The number of hydrogen-bond donors (Lipinski definition) is 1. The molecule has 0 fully saturated rings. The molecule has 2 rings (SSSR count). The van der Waals surface area contributed by atoms with Gasteiger partial charge in [0.05, 0.1) is 5.52 Å². The van der Waals surface area contributed by atoms with Crippen molar-refractivity contribution in [2.75, 3.05) is 6.54 Å². The Morgan fingerprint density at radius 1 is 1.50 bits per heavy atom. The van der Waals surface area contributed by atoms with Gasteiger partial charge in [0, 0.05) is 12.4 Å². The van der Waals surface area contributed by atoms with Gasteiger partial charge in [-0.05, 0) is 24.6 Å². The number of halogens is 1. The van der Waals surface area contributed by atoms with Crippen LogP contribution in [0.25, 0.3) is 10.9 Å². The summed E-state index contributed by atoms with van der Waals surface area (Å²) in [7, 11) is 1.84. The SMILES string of the molecule is Cn1nc2c(CCN)cccc2c1Cl. The van der Waals surface area contributed by atoms with E-state index in [0.29, 0.717) is 11.7 Å². The van der Waals surface area contributed by atoms with E-state index in [1.807, 2.05) is 25.2 Å². The van der Waals surface area contributed by atoms with Gasteiger partial charge in [0.15, 0.2) is 0 Å². The van der Waals surface area contributed by atoms with Crippen molar-refractivity contribution in [3.05, 3.63) is 28.9 Å². The molecule has 2 N–H and O–H groups in total. The second-order valence-electron chi connectivity index (χ2n) is 3.27. The van der Waals surface area contributed by atoms with Crippen molar-refractivity contribution < 1.29 is 0 Å². The molecule has 3 nitrogen and oxygen atoms in total. The smallest absolute Gasteiger partial charge is 0.134 e. The Morgan fingerprint density at radius 3 is 3.00 bits per heavy atom. The number of fused-ring (bicyclic) bond motifs is 1. The third-order valence-electron chi connectivity index (χ3n) is 2.29. The van der Waals surface area contributed by atoms with Gasteiger partial charge >= 0.3 is 0 Å². The maximum atomic E-state index is 6.08. The first kappa shape index (κ1) is 9.49. The van der Waals surface area contributed by atoms with Crippen LogP contribution in [0.3, 0.4) is 0 Å². The van der Waals surface area contributed by atoms with Gasteiger partial charge in [-0.15, -0.1) is 0 Å². The van der Waals surface area contributed by atoms with Crippen molar-refractivity contribution in [2.24, 2.45) is 12.8 Å². The summed E-state index contributed by atoms with van der Waals surface area (Å²) in [6.45, 7) is 0.632. The molecule has 0 aliphatic carbocycles. The Hall–Kier alpha value is -1.06. The molecule has 0 bridgehead atoms. The van der Waals surface area contributed by atoms with E-state index in [0.717, 1.165) is 22.9 Å². The third-order valence-corrected chi connectivity index (χ3v) is 2.74. The average Bonchev–Trinajstić information content (AvgIpc) is 2.46. The highest BCUT2D eigenvalue weighted by Gasteiger charge is 2.08. The molecule has 1 aromatic heterocycles. The van der Waals surface area contributed by atoms with Crippen LogP contribution in [-0.2, 0) is 13.5 Å². The number of benzene rings is 1. The minimum absolute atomic E-state index is 0.632. The first-order valence-electron chi connectivity index (χ1n) is 4.54. The third kappa shape index (κ3) is 1.38. The van der Waals surface area contributed by atoms with Crippen LogP contribution in [0, 0.1) is 0 Å². The van der Waals surface area contributed by atoms with Crippen LogP contribution in [0.2, 0.25) is 5.15 Å². The van der Waals surface area contributed by atoms with Crippen molar-refractivity contribution in [2.45, 2.75) is 6.42 Å². The highest BCUT2D eigenvalue weighted by Crippen LogP contribution is 2.24. The Kier molecular flexibility index (Phi) is 2.44. The van der Waals surface area contributed by atoms with Gasteiger partial charge in [0.25, 0.3) is 0 Å². The minimum Gasteiger partial charge on any atom is -0.330 e. The molecule has 2 aromatic rings. The zero-order valence-corrected chi connectivity index (χ0v) is 8.75. The molecule has 0 spiro atoms. The Balaban J connectivity index is 2.68. The summed E-state index contributed by atoms with van der Waals surface area (Å²) in [5, 5.41) is 6.04. The van der Waals surface area contributed by atoms with Gasteiger partial charge in [0.1, 0.15) is 5.15 Å². The standard InChI is InChI=1S/C10H12ClN3/c1-14-10(11)8-4-2-3-7(5-6-12)9(8)13-14/h2-4H,5-6,12H2,1H3. The Morgan fingerprint density at radius 2 is 2.29 bits per heavy atom. The van der Waals surface area contributed by atoms with Crippen molar-refractivity contribution in [3.8, 4) is 0 Å². The van der Waals surface area contributed by atoms with E-state index in [4.69, 9.17) is 17.3 Å². The molecule has 0 unspecified atom stereocenters. The van der Waals surface area contributed by atoms with E-state index >= 15 is 0 Å². The summed E-state index contributed by atoms with van der Waals surface area (Å²) in [5.74, 6) is 0. The van der Waals surface area contributed by atoms with Gasteiger partial charge in [0.2, 0.25) is 0 Å². The molecular formula is C10H12ClN3. The zero-order chi connectivity index (χ0) is 10.1. The number of rotatable bonds is 2. The summed E-state index contributed by atoms with van der Waals surface area (Å²) < 4.78 is 1.69. The summed E-state index contributed by atoms with van der Waals surface area (Å²) in [6, 6.07) is 6.00. The van der Waals surface area contributed by atoms with E-state index in [9.17, 15) is 0 Å². The lowest BCUT2D eigenvalue weighted by molar-refractivity contribution is 0.778. The minimum atomic E-state index is 0.632. The van der Waals surface area contributed by atoms with Gasteiger partial charge in [-0.3, -0.25) is 4.68 Å². The molecule has 0 saturated carbocycles. The molecule has 4 heteroatoms. The fourth-order valence-electron chi connectivity index (χ4n) is 1.60. The number of nitrogens with zero attached hydrogens (tertiary/aromatic N) is 2. The summed E-state index contributed by atoms with van der Waals surface area (Å²) >= 11 is 6.08. The van der Waals surface area contributed by atoms with E-state index in [-0.39, 0.29) is 0 Å². The van der Waals surface area contributed by atoms with Crippen LogP contribution in [0.1, 0.15) is 5.56 Å². The summed E-state index contributed by atoms with van der Waals surface area (Å²) in [5.41, 5.74) is 7.65. The maximum Gasteiger partial charge on any atom is 0.134 e. The van der Waals surface area contributed by atoms with Gasteiger partial charge in [-0.2, -0.15) is 5.10 Å². The fraction of sp³-hybridized carbons (Fsp3) is 0.300. The highest BCUT2D eigenvalue weighted by molar-refractivity contribution is 6.34. The van der Waals surface area contributed by atoms with Crippen LogP contribution in [0.4, 0.5) is 0 Å². The lowest BCUT2D eigenvalue weighted by Crippen LogP contribution is -2.03. The normalized spacial score (nSPS) is 11.1. The van der Waals surface area contributed by atoms with Crippen molar-refractivity contribution >= 4 is 22.5 Å². The molecule has 0 radical (unpaired) electrons. The predicted molar refractivity (Wildman–Crippen MR) is 58.5 cm³/mol. The number of nitrogens with two attached hydrogens (primary N) is 1.